The zero-order chi connectivity index (χ0) is 19.3. The molecule has 0 spiro atoms. The molecule has 0 aliphatic rings. The van der Waals surface area contributed by atoms with E-state index in [9.17, 15) is 18.0 Å². The fourth-order valence-corrected chi connectivity index (χ4v) is 2.04. The normalized spacial score (nSPS) is 10.8. The van der Waals surface area contributed by atoms with E-state index in [1.165, 1.54) is 0 Å². The summed E-state index contributed by atoms with van der Waals surface area (Å²) in [5, 5.41) is 8.60. The van der Waals surface area contributed by atoms with Crippen molar-refractivity contribution in [3.05, 3.63) is 59.0 Å². The highest BCUT2D eigenvalue weighted by Crippen LogP contribution is 2.21. The number of ether oxygens (including phenoxy) is 1. The molecule has 0 unspecified atom stereocenters. The number of carboxylic acid groups (broad SMARTS) is 1. The fraction of sp³-hybridized carbons (Fsp3) is 0.118. The van der Waals surface area contributed by atoms with Gasteiger partial charge in [0.2, 0.25) is 0 Å². The molecule has 3 rings (SSSR count). The third kappa shape index (κ3) is 4.59. The number of aliphatic carboxylic acids is 1. The van der Waals surface area contributed by atoms with Crippen LogP contribution in [0.4, 0.5) is 13.2 Å². The molecule has 0 aliphatic carbocycles. The number of H-pyrrole nitrogens is 1. The number of carbonyl (C=O) groups is 1. The van der Waals surface area contributed by atoms with Gasteiger partial charge in [-0.3, -0.25) is 9.78 Å². The van der Waals surface area contributed by atoms with E-state index in [4.69, 9.17) is 14.6 Å². The van der Waals surface area contributed by atoms with Crippen molar-refractivity contribution in [1.29, 1.82) is 0 Å². The summed E-state index contributed by atoms with van der Waals surface area (Å²) in [6, 6.07) is 12.9. The lowest BCUT2D eigenvalue weighted by Crippen LogP contribution is -2.21. The van der Waals surface area contributed by atoms with Crippen molar-refractivity contribution in [3.63, 3.8) is 0 Å². The predicted molar refractivity (Wildman–Crippen MR) is 88.0 cm³/mol. The molecule has 0 aliphatic heterocycles. The molecular weight excluding hydrogens is 353 g/mol. The maximum absolute atomic E-state index is 12.0. The zero-order valence-corrected chi connectivity index (χ0v) is 13.4. The number of methoxy groups -OCH3 is 1. The lowest BCUT2D eigenvalue weighted by Gasteiger charge is -2.05. The van der Waals surface area contributed by atoms with Crippen molar-refractivity contribution in [3.8, 4) is 17.1 Å². The van der Waals surface area contributed by atoms with Gasteiger partial charge in [-0.2, -0.15) is 13.2 Å². The number of halogens is 3. The van der Waals surface area contributed by atoms with E-state index in [1.807, 2.05) is 30.3 Å². The van der Waals surface area contributed by atoms with Crippen LogP contribution >= 0.6 is 0 Å². The van der Waals surface area contributed by atoms with Gasteiger partial charge in [0.05, 0.1) is 18.5 Å². The first kappa shape index (κ1) is 19.0. The van der Waals surface area contributed by atoms with E-state index in [0.29, 0.717) is 11.1 Å². The van der Waals surface area contributed by atoms with Crippen LogP contribution in [0.3, 0.4) is 0 Å². The van der Waals surface area contributed by atoms with Gasteiger partial charge >= 0.3 is 12.1 Å². The number of benzene rings is 1. The maximum atomic E-state index is 12.0. The van der Waals surface area contributed by atoms with Gasteiger partial charge in [0.1, 0.15) is 5.75 Å². The lowest BCUT2D eigenvalue weighted by atomic mass is 10.1. The Morgan fingerprint density at radius 2 is 1.88 bits per heavy atom. The van der Waals surface area contributed by atoms with Crippen LogP contribution < -0.4 is 10.3 Å². The van der Waals surface area contributed by atoms with E-state index in [2.05, 4.69) is 9.97 Å². The molecule has 2 heterocycles. The van der Waals surface area contributed by atoms with Gasteiger partial charge in [0.25, 0.3) is 5.56 Å². The number of nitrogens with one attached hydrogen (secondary N) is 1. The van der Waals surface area contributed by atoms with Crippen molar-refractivity contribution >= 4 is 16.7 Å². The second-order valence-corrected chi connectivity index (χ2v) is 4.98. The molecule has 0 saturated heterocycles. The van der Waals surface area contributed by atoms with Gasteiger partial charge in [-0.15, -0.1) is 0 Å². The maximum Gasteiger partial charge on any atom is 0.490 e. The number of nitrogens with zero attached hydrogens (tertiary/aromatic N) is 1. The minimum Gasteiger partial charge on any atom is -0.497 e. The van der Waals surface area contributed by atoms with E-state index in [0.717, 1.165) is 16.8 Å². The largest absolute Gasteiger partial charge is 0.497 e. The summed E-state index contributed by atoms with van der Waals surface area (Å²) in [6.45, 7) is 0. The van der Waals surface area contributed by atoms with Crippen LogP contribution in [-0.2, 0) is 4.79 Å². The molecule has 0 atom stereocenters. The van der Waals surface area contributed by atoms with Crippen LogP contribution in [0.25, 0.3) is 22.2 Å². The summed E-state index contributed by atoms with van der Waals surface area (Å²) in [7, 11) is 1.61. The quantitative estimate of drug-likeness (QED) is 0.726. The second-order valence-electron chi connectivity index (χ2n) is 4.98. The van der Waals surface area contributed by atoms with Crippen molar-refractivity contribution in [2.75, 3.05) is 7.11 Å². The summed E-state index contributed by atoms with van der Waals surface area (Å²) in [5.41, 5.74) is 1.32. The van der Waals surface area contributed by atoms with Crippen LogP contribution in [0.2, 0.25) is 0 Å². The van der Waals surface area contributed by atoms with Gasteiger partial charge in [0.15, 0.2) is 0 Å². The average Bonchev–Trinajstić information content (AvgIpc) is 2.61. The molecule has 136 valence electrons. The first-order chi connectivity index (χ1) is 12.2. The van der Waals surface area contributed by atoms with Gasteiger partial charge < -0.3 is 14.8 Å². The van der Waals surface area contributed by atoms with Gasteiger partial charge in [0, 0.05) is 11.6 Å². The smallest absolute Gasteiger partial charge is 0.490 e. The number of fused-ring (bicyclic) bond motifs is 1. The Kier molecular flexibility index (Phi) is 5.61. The number of carboxylic acids is 1. The highest BCUT2D eigenvalue weighted by molar-refractivity contribution is 5.85. The van der Waals surface area contributed by atoms with E-state index < -0.39 is 12.1 Å². The minimum atomic E-state index is -5.08. The highest BCUT2D eigenvalue weighted by Gasteiger charge is 2.38. The van der Waals surface area contributed by atoms with Crippen LogP contribution in [-0.4, -0.2) is 34.3 Å². The van der Waals surface area contributed by atoms with E-state index >= 15 is 0 Å². The molecule has 2 aromatic heterocycles. The summed E-state index contributed by atoms with van der Waals surface area (Å²) < 4.78 is 36.9. The molecule has 6 nitrogen and oxygen atoms in total. The average molecular weight is 366 g/mol. The third-order valence-corrected chi connectivity index (χ3v) is 3.23. The fourth-order valence-electron chi connectivity index (χ4n) is 2.04. The Balaban J connectivity index is 0.000000298. The Labute approximate surface area is 144 Å². The molecular formula is C17H13F3N2O4. The highest BCUT2D eigenvalue weighted by atomic mass is 19.4. The third-order valence-electron chi connectivity index (χ3n) is 3.23. The first-order valence-corrected chi connectivity index (χ1v) is 7.15. The van der Waals surface area contributed by atoms with Crippen molar-refractivity contribution in [2.45, 2.75) is 6.18 Å². The summed E-state index contributed by atoms with van der Waals surface area (Å²) >= 11 is 0. The van der Waals surface area contributed by atoms with Crippen molar-refractivity contribution in [2.24, 2.45) is 0 Å². The number of hydrogen-bond acceptors (Lipinski definition) is 4. The standard InChI is InChI=1S/C15H12N2O2.C2HF3O2/c1-19-11-5-6-12-10(8-11)9-14(17-15(12)18)13-4-2-3-7-16-13;3-2(4,5)1(6)7/h2-9H,1H3,(H,17,18);(H,6,7). The molecule has 2 N–H and O–H groups in total. The first-order valence-electron chi connectivity index (χ1n) is 7.15. The van der Waals surface area contributed by atoms with Gasteiger partial charge in [-0.05, 0) is 41.8 Å². The van der Waals surface area contributed by atoms with Gasteiger partial charge in [-0.1, -0.05) is 6.07 Å². The number of alkyl halides is 3. The summed E-state index contributed by atoms with van der Waals surface area (Å²) in [5.74, 6) is -2.03. The number of rotatable bonds is 2. The molecule has 9 heteroatoms. The predicted octanol–water partition coefficient (Wildman–Crippen LogP) is 3.23. The Hall–Kier alpha value is -3.36. The van der Waals surface area contributed by atoms with E-state index in [1.54, 1.807) is 25.4 Å². The Bertz CT molecular complexity index is 969. The van der Waals surface area contributed by atoms with Crippen molar-refractivity contribution < 1.29 is 27.8 Å². The Morgan fingerprint density at radius 3 is 2.42 bits per heavy atom. The molecule has 0 saturated carbocycles. The van der Waals surface area contributed by atoms with Crippen LogP contribution in [0.15, 0.2) is 53.5 Å². The molecule has 0 radical (unpaired) electrons. The van der Waals surface area contributed by atoms with Crippen LogP contribution in [0.5, 0.6) is 5.75 Å². The van der Waals surface area contributed by atoms with Crippen LogP contribution in [0.1, 0.15) is 0 Å². The number of pyridine rings is 2. The molecule has 0 bridgehead atoms. The number of aromatic nitrogens is 2. The minimum absolute atomic E-state index is 0.124. The Morgan fingerprint density at radius 1 is 1.19 bits per heavy atom. The van der Waals surface area contributed by atoms with Crippen LogP contribution in [0, 0.1) is 0 Å². The molecule has 0 amide bonds. The number of hydrogen-bond donors (Lipinski definition) is 2. The monoisotopic (exact) mass is 366 g/mol. The van der Waals surface area contributed by atoms with E-state index in [-0.39, 0.29) is 5.56 Å². The molecule has 0 fully saturated rings. The molecule has 1 aromatic carbocycles. The second kappa shape index (κ2) is 7.68. The number of aromatic amines is 1. The molecule has 26 heavy (non-hydrogen) atoms. The molecule has 3 aromatic rings. The summed E-state index contributed by atoms with van der Waals surface area (Å²) in [4.78, 5) is 28.0. The SMILES string of the molecule is COc1ccc2c(=O)[nH]c(-c3ccccn3)cc2c1.O=C(O)C(F)(F)F. The zero-order valence-electron chi connectivity index (χ0n) is 13.4. The topological polar surface area (TPSA) is 92.3 Å². The van der Waals surface area contributed by atoms with Crippen molar-refractivity contribution in [1.82, 2.24) is 9.97 Å². The summed E-state index contributed by atoms with van der Waals surface area (Å²) in [6.07, 6.45) is -3.39. The van der Waals surface area contributed by atoms with Gasteiger partial charge in [-0.25, -0.2) is 4.79 Å². The lowest BCUT2D eigenvalue weighted by molar-refractivity contribution is -0.192.